The topological polar surface area (TPSA) is 114 Å². The Hall–Kier alpha value is -3.74. The molecular weight excluding hydrogens is 356 g/mol. The van der Waals surface area contributed by atoms with E-state index >= 15 is 0 Å². The molecule has 3 aromatic rings. The van der Waals surface area contributed by atoms with Gasteiger partial charge in [-0.05, 0) is 24.3 Å². The van der Waals surface area contributed by atoms with Gasteiger partial charge in [-0.25, -0.2) is 0 Å². The molecule has 0 aliphatic rings. The summed E-state index contributed by atoms with van der Waals surface area (Å²) in [6.07, 6.45) is 0.165. The highest BCUT2D eigenvalue weighted by atomic mass is 16.2. The number of benzene rings is 2. The fourth-order valence-electron chi connectivity index (χ4n) is 2.75. The van der Waals surface area contributed by atoms with Gasteiger partial charge in [0.25, 0.3) is 5.91 Å². The van der Waals surface area contributed by atoms with Gasteiger partial charge in [0, 0.05) is 23.1 Å². The van der Waals surface area contributed by atoms with E-state index in [-0.39, 0.29) is 18.9 Å². The number of carbonyl (C=O) groups is 3. The van der Waals surface area contributed by atoms with Crippen LogP contribution in [0.5, 0.6) is 0 Å². The Morgan fingerprint density at radius 1 is 0.929 bits per heavy atom. The minimum Gasteiger partial charge on any atom is -0.368 e. The van der Waals surface area contributed by atoms with Gasteiger partial charge in [-0.3, -0.25) is 19.4 Å². The Kier molecular flexibility index (Phi) is 5.96. The van der Waals surface area contributed by atoms with Gasteiger partial charge in [-0.15, -0.1) is 0 Å². The normalized spacial score (nSPS) is 11.6. The summed E-state index contributed by atoms with van der Waals surface area (Å²) in [5.74, 6) is -1.55. The summed E-state index contributed by atoms with van der Waals surface area (Å²) in [5.41, 5.74) is 7.30. The predicted molar refractivity (Wildman–Crippen MR) is 105 cm³/mol. The Balaban J connectivity index is 1.59. The van der Waals surface area contributed by atoms with Crippen molar-refractivity contribution >= 4 is 28.6 Å². The molecule has 0 aliphatic carbocycles. The molecule has 0 spiro atoms. The summed E-state index contributed by atoms with van der Waals surface area (Å²) in [6, 6.07) is 18.9. The van der Waals surface area contributed by atoms with Crippen molar-refractivity contribution < 1.29 is 14.4 Å². The van der Waals surface area contributed by atoms with Crippen molar-refractivity contribution in [1.29, 1.82) is 0 Å². The molecule has 0 bridgehead atoms. The van der Waals surface area contributed by atoms with Crippen LogP contribution in [0.3, 0.4) is 0 Å². The highest BCUT2D eigenvalue weighted by Crippen LogP contribution is 2.12. The zero-order valence-electron chi connectivity index (χ0n) is 15.1. The fourth-order valence-corrected chi connectivity index (χ4v) is 2.75. The number of nitrogens with zero attached hydrogens (tertiary/aromatic N) is 1. The molecule has 2 aromatic carbocycles. The number of primary amides is 1. The first kappa shape index (κ1) is 19.0. The molecule has 4 N–H and O–H groups in total. The zero-order valence-corrected chi connectivity index (χ0v) is 15.1. The average Bonchev–Trinajstić information content (AvgIpc) is 2.72. The Morgan fingerprint density at radius 3 is 2.39 bits per heavy atom. The minimum atomic E-state index is -0.921. The summed E-state index contributed by atoms with van der Waals surface area (Å²) in [5, 5.41) is 6.05. The van der Waals surface area contributed by atoms with Gasteiger partial charge in [-0.1, -0.05) is 42.5 Å². The first-order valence-corrected chi connectivity index (χ1v) is 8.79. The lowest BCUT2D eigenvalue weighted by Crippen LogP contribution is -2.49. The van der Waals surface area contributed by atoms with E-state index in [2.05, 4.69) is 15.6 Å². The quantitative estimate of drug-likeness (QED) is 0.574. The van der Waals surface area contributed by atoms with Crippen LogP contribution in [0.4, 0.5) is 0 Å². The van der Waals surface area contributed by atoms with Gasteiger partial charge in [0.15, 0.2) is 0 Å². The molecule has 0 saturated carbocycles. The SMILES string of the molecule is NC(=O)[C@H](Cc1ccc2ccccc2n1)NC(=O)CNC(=O)c1ccccc1. The maximum atomic E-state index is 12.1. The molecule has 3 rings (SSSR count). The Bertz CT molecular complexity index is 1000. The van der Waals surface area contributed by atoms with Crippen molar-refractivity contribution in [1.82, 2.24) is 15.6 Å². The molecule has 1 heterocycles. The molecule has 28 heavy (non-hydrogen) atoms. The van der Waals surface area contributed by atoms with E-state index in [1.165, 1.54) is 0 Å². The molecule has 7 nitrogen and oxygen atoms in total. The number of rotatable bonds is 7. The third-order valence-electron chi connectivity index (χ3n) is 4.19. The fraction of sp³-hybridized carbons (Fsp3) is 0.143. The van der Waals surface area contributed by atoms with Crippen LogP contribution in [-0.4, -0.2) is 35.3 Å². The van der Waals surface area contributed by atoms with E-state index in [1.54, 1.807) is 36.4 Å². The second kappa shape index (κ2) is 8.77. The number of hydrogen-bond acceptors (Lipinski definition) is 4. The number of para-hydroxylation sites is 1. The number of carbonyl (C=O) groups excluding carboxylic acids is 3. The third kappa shape index (κ3) is 4.91. The molecule has 0 aliphatic heterocycles. The van der Waals surface area contributed by atoms with Crippen molar-refractivity contribution in [3.05, 3.63) is 78.0 Å². The van der Waals surface area contributed by atoms with Crippen molar-refractivity contribution in [2.24, 2.45) is 5.73 Å². The van der Waals surface area contributed by atoms with E-state index < -0.39 is 17.9 Å². The van der Waals surface area contributed by atoms with E-state index in [0.29, 0.717) is 11.3 Å². The minimum absolute atomic E-state index is 0.165. The average molecular weight is 376 g/mol. The lowest BCUT2D eigenvalue weighted by atomic mass is 10.1. The smallest absolute Gasteiger partial charge is 0.251 e. The van der Waals surface area contributed by atoms with Crippen molar-refractivity contribution in [2.75, 3.05) is 6.54 Å². The predicted octanol–water partition coefficient (Wildman–Crippen LogP) is 1.18. The van der Waals surface area contributed by atoms with Crippen molar-refractivity contribution in [3.8, 4) is 0 Å². The first-order valence-electron chi connectivity index (χ1n) is 8.79. The van der Waals surface area contributed by atoms with Crippen LogP contribution >= 0.6 is 0 Å². The Morgan fingerprint density at radius 2 is 1.64 bits per heavy atom. The lowest BCUT2D eigenvalue weighted by molar-refractivity contribution is -0.126. The van der Waals surface area contributed by atoms with Crippen LogP contribution in [0.1, 0.15) is 16.1 Å². The van der Waals surface area contributed by atoms with E-state index in [0.717, 1.165) is 10.9 Å². The van der Waals surface area contributed by atoms with Crippen LogP contribution in [0, 0.1) is 0 Å². The highest BCUT2D eigenvalue weighted by molar-refractivity contribution is 5.97. The second-order valence-corrected chi connectivity index (χ2v) is 6.27. The van der Waals surface area contributed by atoms with Crippen LogP contribution in [0.15, 0.2) is 66.7 Å². The summed E-state index contributed by atoms with van der Waals surface area (Å²) < 4.78 is 0. The maximum absolute atomic E-state index is 12.1. The van der Waals surface area contributed by atoms with Crippen molar-refractivity contribution in [3.63, 3.8) is 0 Å². The first-order chi connectivity index (χ1) is 13.5. The van der Waals surface area contributed by atoms with Crippen LogP contribution in [0.25, 0.3) is 10.9 Å². The summed E-state index contributed by atoms with van der Waals surface area (Å²) in [4.78, 5) is 40.4. The van der Waals surface area contributed by atoms with Gasteiger partial charge in [-0.2, -0.15) is 0 Å². The monoisotopic (exact) mass is 376 g/mol. The number of amides is 3. The van der Waals surface area contributed by atoms with Crippen LogP contribution in [0.2, 0.25) is 0 Å². The molecule has 3 amide bonds. The van der Waals surface area contributed by atoms with Gasteiger partial charge < -0.3 is 16.4 Å². The van der Waals surface area contributed by atoms with Crippen molar-refractivity contribution in [2.45, 2.75) is 12.5 Å². The number of hydrogen-bond donors (Lipinski definition) is 3. The zero-order chi connectivity index (χ0) is 19.9. The van der Waals surface area contributed by atoms with Crippen LogP contribution < -0.4 is 16.4 Å². The van der Waals surface area contributed by atoms with Gasteiger partial charge in [0.1, 0.15) is 6.04 Å². The summed E-state index contributed by atoms with van der Waals surface area (Å²) in [6.45, 7) is -0.261. The standard InChI is InChI=1S/C21H20N4O3/c22-20(27)18(12-16-11-10-14-6-4-5-9-17(14)24-16)25-19(26)13-23-21(28)15-7-2-1-3-8-15/h1-11,18H,12-13H2,(H2,22,27)(H,23,28)(H,25,26)/t18-/m0/s1. The van der Waals surface area contributed by atoms with Gasteiger partial charge in [0.2, 0.25) is 11.8 Å². The number of aromatic nitrogens is 1. The van der Waals surface area contributed by atoms with E-state index in [1.807, 2.05) is 30.3 Å². The number of fused-ring (bicyclic) bond motifs is 1. The van der Waals surface area contributed by atoms with Gasteiger partial charge in [0.05, 0.1) is 12.1 Å². The third-order valence-corrected chi connectivity index (χ3v) is 4.19. The number of nitrogens with one attached hydrogen (secondary N) is 2. The lowest BCUT2D eigenvalue weighted by Gasteiger charge is -2.16. The summed E-state index contributed by atoms with van der Waals surface area (Å²) in [7, 11) is 0. The van der Waals surface area contributed by atoms with E-state index in [9.17, 15) is 14.4 Å². The number of pyridine rings is 1. The summed E-state index contributed by atoms with van der Waals surface area (Å²) >= 11 is 0. The molecule has 0 unspecified atom stereocenters. The molecule has 1 aromatic heterocycles. The largest absolute Gasteiger partial charge is 0.368 e. The van der Waals surface area contributed by atoms with E-state index in [4.69, 9.17) is 5.73 Å². The molecule has 0 saturated heterocycles. The second-order valence-electron chi connectivity index (χ2n) is 6.27. The molecule has 0 fully saturated rings. The van der Waals surface area contributed by atoms with Gasteiger partial charge >= 0.3 is 0 Å². The maximum Gasteiger partial charge on any atom is 0.251 e. The highest BCUT2D eigenvalue weighted by Gasteiger charge is 2.20. The molecule has 142 valence electrons. The molecule has 1 atom stereocenters. The molecular formula is C21H20N4O3. The number of nitrogens with two attached hydrogens (primary N) is 1. The molecule has 0 radical (unpaired) electrons. The van der Waals surface area contributed by atoms with Crippen LogP contribution in [-0.2, 0) is 16.0 Å². The Labute approximate surface area is 162 Å². The molecule has 7 heteroatoms.